The summed E-state index contributed by atoms with van der Waals surface area (Å²) in [4.78, 5) is 27.8. The van der Waals surface area contributed by atoms with Crippen LogP contribution in [0.15, 0.2) is 41.3 Å². The highest BCUT2D eigenvalue weighted by Gasteiger charge is 2.18. The fourth-order valence-electron chi connectivity index (χ4n) is 3.65. The number of hydrogen-bond acceptors (Lipinski definition) is 5. The van der Waals surface area contributed by atoms with Crippen LogP contribution in [0.5, 0.6) is 0 Å². The molecule has 3 aromatic rings. The number of rotatable bonds is 13. The van der Waals surface area contributed by atoms with Gasteiger partial charge in [-0.25, -0.2) is 22.9 Å². The molecule has 1 amide bonds. The van der Waals surface area contributed by atoms with Gasteiger partial charge in [-0.15, -0.1) is 11.3 Å². The highest BCUT2D eigenvalue weighted by atomic mass is 32.1. The Bertz CT molecular complexity index is 1300. The first-order valence-electron chi connectivity index (χ1n) is 12.2. The van der Waals surface area contributed by atoms with E-state index in [-0.39, 0.29) is 21.8 Å². The molecular weight excluding hydrogens is 517 g/mol. The van der Waals surface area contributed by atoms with Crippen molar-refractivity contribution in [2.24, 2.45) is 0 Å². The van der Waals surface area contributed by atoms with Crippen LogP contribution in [-0.4, -0.2) is 35.2 Å². The Hall–Kier alpha value is -3.50. The monoisotopic (exact) mass is 546 g/mol. The van der Waals surface area contributed by atoms with Crippen molar-refractivity contribution in [2.45, 2.75) is 46.0 Å². The van der Waals surface area contributed by atoms with E-state index in [0.29, 0.717) is 37.3 Å². The average molecular weight is 547 g/mol. The SMILES string of the molecule is CCCCCOCCCc1cccc(-c2csc(NC(=O)c3cc(F)c(C=C(C)C(=O)O)c(F)c3)n2)c1F. The first-order chi connectivity index (χ1) is 18.2. The maximum atomic E-state index is 15.1. The molecule has 0 atom stereocenters. The Morgan fingerprint density at radius 2 is 1.82 bits per heavy atom. The van der Waals surface area contributed by atoms with Gasteiger partial charge in [-0.1, -0.05) is 31.9 Å². The number of carboxylic acids is 1. The Balaban J connectivity index is 1.66. The van der Waals surface area contributed by atoms with Crippen LogP contribution in [0.1, 0.15) is 61.0 Å². The second-order valence-corrected chi connectivity index (χ2v) is 9.54. The largest absolute Gasteiger partial charge is 0.478 e. The van der Waals surface area contributed by atoms with Gasteiger partial charge in [0.15, 0.2) is 5.13 Å². The van der Waals surface area contributed by atoms with Crippen molar-refractivity contribution >= 4 is 34.4 Å². The second kappa shape index (κ2) is 13.9. The van der Waals surface area contributed by atoms with Crippen molar-refractivity contribution in [2.75, 3.05) is 18.5 Å². The fraction of sp³-hybridized carbons (Fsp3) is 0.321. The molecule has 0 bridgehead atoms. The van der Waals surface area contributed by atoms with Gasteiger partial charge >= 0.3 is 5.97 Å². The zero-order chi connectivity index (χ0) is 27.7. The molecule has 38 heavy (non-hydrogen) atoms. The van der Waals surface area contributed by atoms with Gasteiger partial charge in [0.25, 0.3) is 5.91 Å². The van der Waals surface area contributed by atoms with Gasteiger partial charge < -0.3 is 9.84 Å². The number of amides is 1. The molecule has 0 saturated carbocycles. The number of halogens is 3. The Labute approximate surface area is 223 Å². The van der Waals surface area contributed by atoms with Crippen molar-refractivity contribution in [1.29, 1.82) is 0 Å². The Morgan fingerprint density at radius 3 is 2.50 bits per heavy atom. The van der Waals surface area contributed by atoms with E-state index in [9.17, 15) is 18.4 Å². The number of carboxylic acid groups (broad SMARTS) is 1. The van der Waals surface area contributed by atoms with Crippen LogP contribution < -0.4 is 5.32 Å². The van der Waals surface area contributed by atoms with Crippen molar-refractivity contribution in [3.8, 4) is 11.3 Å². The number of benzene rings is 2. The molecule has 2 aromatic carbocycles. The van der Waals surface area contributed by atoms with Crippen LogP contribution in [-0.2, 0) is 16.0 Å². The molecule has 0 saturated heterocycles. The molecule has 0 aliphatic carbocycles. The van der Waals surface area contributed by atoms with Crippen LogP contribution in [0.25, 0.3) is 17.3 Å². The number of aliphatic carboxylic acids is 1. The second-order valence-electron chi connectivity index (χ2n) is 8.68. The molecule has 1 aromatic heterocycles. The molecular formula is C28H29F3N2O4S. The summed E-state index contributed by atoms with van der Waals surface area (Å²) in [6.45, 7) is 4.58. The number of unbranched alkanes of at least 4 members (excludes halogenated alkanes) is 2. The minimum absolute atomic E-state index is 0.127. The number of ether oxygens (including phenoxy) is 1. The number of nitrogens with one attached hydrogen (secondary N) is 1. The lowest BCUT2D eigenvalue weighted by Gasteiger charge is -2.08. The van der Waals surface area contributed by atoms with E-state index in [1.54, 1.807) is 23.6 Å². The predicted molar refractivity (Wildman–Crippen MR) is 142 cm³/mol. The van der Waals surface area contributed by atoms with Crippen LogP contribution in [0.3, 0.4) is 0 Å². The molecule has 0 aliphatic rings. The van der Waals surface area contributed by atoms with Crippen LogP contribution in [0.2, 0.25) is 0 Å². The lowest BCUT2D eigenvalue weighted by Crippen LogP contribution is -2.13. The van der Waals surface area contributed by atoms with Gasteiger partial charge in [-0.05, 0) is 56.0 Å². The molecule has 6 nitrogen and oxygen atoms in total. The summed E-state index contributed by atoms with van der Waals surface area (Å²) in [6.07, 6.45) is 5.31. The van der Waals surface area contributed by atoms with E-state index >= 15 is 4.39 Å². The van der Waals surface area contributed by atoms with Gasteiger partial charge in [0, 0.05) is 40.9 Å². The summed E-state index contributed by atoms with van der Waals surface area (Å²) in [5, 5.41) is 13.1. The first-order valence-corrected chi connectivity index (χ1v) is 13.1. The zero-order valence-electron chi connectivity index (χ0n) is 21.2. The Morgan fingerprint density at radius 1 is 1.11 bits per heavy atom. The number of hydrogen-bond donors (Lipinski definition) is 2. The quantitative estimate of drug-likeness (QED) is 0.176. The molecule has 2 N–H and O–H groups in total. The minimum Gasteiger partial charge on any atom is -0.478 e. The van der Waals surface area contributed by atoms with Crippen molar-refractivity contribution in [3.05, 3.63) is 75.4 Å². The van der Waals surface area contributed by atoms with Gasteiger partial charge in [-0.3, -0.25) is 10.1 Å². The topological polar surface area (TPSA) is 88.5 Å². The third kappa shape index (κ3) is 7.75. The molecule has 0 aliphatic heterocycles. The third-order valence-electron chi connectivity index (χ3n) is 5.75. The maximum Gasteiger partial charge on any atom is 0.331 e. The lowest BCUT2D eigenvalue weighted by molar-refractivity contribution is -0.132. The van der Waals surface area contributed by atoms with E-state index in [4.69, 9.17) is 9.84 Å². The minimum atomic E-state index is -1.32. The third-order valence-corrected chi connectivity index (χ3v) is 6.50. The summed E-state index contributed by atoms with van der Waals surface area (Å²) < 4.78 is 49.5. The summed E-state index contributed by atoms with van der Waals surface area (Å²) in [5.41, 5.74) is 0.00907. The fourth-order valence-corrected chi connectivity index (χ4v) is 4.35. The summed E-state index contributed by atoms with van der Waals surface area (Å²) in [5.74, 6) is -4.70. The Kier molecular flexibility index (Phi) is 10.6. The summed E-state index contributed by atoms with van der Waals surface area (Å²) in [7, 11) is 0. The molecule has 0 radical (unpaired) electrons. The lowest BCUT2D eigenvalue weighted by atomic mass is 10.0. The summed E-state index contributed by atoms with van der Waals surface area (Å²) >= 11 is 1.04. The van der Waals surface area contributed by atoms with E-state index in [2.05, 4.69) is 17.2 Å². The number of carbonyl (C=O) groups excluding carboxylic acids is 1. The molecule has 202 valence electrons. The maximum absolute atomic E-state index is 15.1. The smallest absolute Gasteiger partial charge is 0.331 e. The van der Waals surface area contributed by atoms with Crippen molar-refractivity contribution in [1.82, 2.24) is 4.98 Å². The van der Waals surface area contributed by atoms with Crippen LogP contribution in [0, 0.1) is 17.5 Å². The van der Waals surface area contributed by atoms with Gasteiger partial charge in [0.1, 0.15) is 17.5 Å². The number of aromatic nitrogens is 1. The number of nitrogens with zero attached hydrogens (tertiary/aromatic N) is 1. The van der Waals surface area contributed by atoms with Crippen molar-refractivity contribution in [3.63, 3.8) is 0 Å². The normalized spacial score (nSPS) is 11.6. The standard InChI is InChI=1S/C28H29F3N2O4S/c1-3-4-5-11-37-12-7-9-18-8-6-10-20(25(18)31)24-16-38-28(32-24)33-26(34)19-14-22(29)21(23(30)15-19)13-17(2)27(35)36/h6,8,10,13-16H,3-5,7,9,11-12H2,1-2H3,(H,35,36)(H,32,33,34). The number of anilines is 1. The van der Waals surface area contributed by atoms with Crippen LogP contribution in [0.4, 0.5) is 18.3 Å². The van der Waals surface area contributed by atoms with E-state index in [1.165, 1.54) is 6.92 Å². The number of carbonyl (C=O) groups is 2. The number of thiazole rings is 1. The van der Waals surface area contributed by atoms with E-state index in [0.717, 1.165) is 48.8 Å². The summed E-state index contributed by atoms with van der Waals surface area (Å²) in [6, 6.07) is 6.66. The van der Waals surface area contributed by atoms with E-state index < -0.39 is 34.9 Å². The predicted octanol–water partition coefficient (Wildman–Crippen LogP) is 7.11. The first kappa shape index (κ1) is 29.1. The zero-order valence-corrected chi connectivity index (χ0v) is 22.0. The number of aryl methyl sites for hydroxylation is 1. The molecule has 1 heterocycles. The van der Waals surface area contributed by atoms with Gasteiger partial charge in [0.2, 0.25) is 0 Å². The van der Waals surface area contributed by atoms with Gasteiger partial charge in [0.05, 0.1) is 5.69 Å². The molecule has 0 unspecified atom stereocenters. The average Bonchev–Trinajstić information content (AvgIpc) is 3.34. The molecule has 0 spiro atoms. The van der Waals surface area contributed by atoms with Gasteiger partial charge in [-0.2, -0.15) is 0 Å². The highest BCUT2D eigenvalue weighted by molar-refractivity contribution is 7.14. The molecule has 10 heteroatoms. The van der Waals surface area contributed by atoms with Crippen molar-refractivity contribution < 1.29 is 32.6 Å². The van der Waals surface area contributed by atoms with Crippen LogP contribution >= 0.6 is 11.3 Å². The van der Waals surface area contributed by atoms with E-state index in [1.807, 2.05) is 0 Å². The molecule has 0 fully saturated rings. The molecule has 3 rings (SSSR count). The highest BCUT2D eigenvalue weighted by Crippen LogP contribution is 2.29.